The van der Waals surface area contributed by atoms with Crippen molar-refractivity contribution in [3.63, 3.8) is 0 Å². The molecule has 4 atom stereocenters. The molecule has 11 N–H and O–H groups in total. The zero-order chi connectivity index (χ0) is 59.4. The van der Waals surface area contributed by atoms with Crippen LogP contribution >= 0.6 is 0 Å². The second kappa shape index (κ2) is 28.8. The largest absolute Gasteiger partial charge is 0.535 e. The fourth-order valence-electron chi connectivity index (χ4n) is 9.82. The van der Waals surface area contributed by atoms with Gasteiger partial charge in [-0.05, 0) is 89.7 Å². The minimum absolute atomic E-state index is 0. The monoisotopic (exact) mass is 1140 g/mol. The number of nitrogens with zero attached hydrogens (tertiary/aromatic N) is 6. The van der Waals surface area contributed by atoms with E-state index in [1.807, 2.05) is 19.2 Å². The lowest BCUT2D eigenvalue weighted by Crippen LogP contribution is -2.35. The van der Waals surface area contributed by atoms with E-state index < -0.39 is 52.4 Å². The third-order valence-electron chi connectivity index (χ3n) is 13.7. The van der Waals surface area contributed by atoms with Crippen molar-refractivity contribution in [3.05, 3.63) is 126 Å². The summed E-state index contributed by atoms with van der Waals surface area (Å²) in [7, 11) is -1.53. The first-order chi connectivity index (χ1) is 38.5. The number of aromatic nitrogens is 3. The molecule has 31 heteroatoms. The van der Waals surface area contributed by atoms with E-state index >= 15 is 0 Å². The quantitative estimate of drug-likeness (QED) is 0.0306. The number of aromatic carboxylic acids is 4. The molecule has 82 heavy (non-hydrogen) atoms. The molecule has 0 saturated heterocycles. The van der Waals surface area contributed by atoms with Gasteiger partial charge in [0.25, 0.3) is 0 Å². The second-order valence-electron chi connectivity index (χ2n) is 19.1. The summed E-state index contributed by atoms with van der Waals surface area (Å²) in [6, 6.07) is 13.6. The fraction of sp³-hybridized carbons (Fsp3) is 0.392. The Morgan fingerprint density at radius 1 is 0.671 bits per heavy atom. The average Bonchev–Trinajstić information content (AvgIpc) is 4.03. The van der Waals surface area contributed by atoms with Gasteiger partial charge in [0.1, 0.15) is 56.8 Å². The number of azide groups is 1. The van der Waals surface area contributed by atoms with Gasteiger partial charge in [-0.3, -0.25) is 9.48 Å². The van der Waals surface area contributed by atoms with Gasteiger partial charge >= 0.3 is 52.4 Å². The van der Waals surface area contributed by atoms with Crippen LogP contribution in [0.3, 0.4) is 0 Å². The van der Waals surface area contributed by atoms with E-state index in [-0.39, 0.29) is 113 Å². The van der Waals surface area contributed by atoms with Gasteiger partial charge < -0.3 is 79.7 Å². The standard InChI is InChI=1S/C15H18BN3O5.C13H16BNO6.C11H12BN3O4.C11H14BNO4.CH4/c1-3-10-8-19(18-17-10)7-9-6-16(22)24-14-11(9)4-5-12(23-2)13(14)15(20)21;1-7(16)15-6-8-5-14(19)21-12-9(8)3-4-10(20-2)11(12)13(17)18;1-6-2-3-8-7(5-14-15-13)4-12(18)19-10(8)9(6)11(16)17;1-6-2-3-8-7(5-13)4-12(16)17-10(8)9(6)11(14)15;/h4-5,8-9,22H,3,6-7H2,1-2H3,(H,20,21);3-4,8,19H,5-6H2,1-2H3,(H,15,16)(H,17,18);2-3,7,18H,4-5H2,1H3,(H,16,17);2-3,7,16H,4-5,13H2,1H3,(H,14,15);1H4. The summed E-state index contributed by atoms with van der Waals surface area (Å²) < 4.78 is 33.1. The first-order valence-corrected chi connectivity index (χ1v) is 25.4. The van der Waals surface area contributed by atoms with Crippen molar-refractivity contribution in [2.24, 2.45) is 10.8 Å². The van der Waals surface area contributed by atoms with E-state index in [0.717, 1.165) is 17.7 Å². The van der Waals surface area contributed by atoms with Crippen LogP contribution < -0.4 is 39.1 Å². The van der Waals surface area contributed by atoms with E-state index in [2.05, 4.69) is 25.7 Å². The minimum atomic E-state index is -1.20. The molecular formula is C51H64B4N8O19. The van der Waals surface area contributed by atoms with Crippen molar-refractivity contribution in [2.75, 3.05) is 33.9 Å². The number of carbonyl (C=O) groups excluding carboxylic acids is 1. The molecule has 0 radical (unpaired) electrons. The summed E-state index contributed by atoms with van der Waals surface area (Å²) in [5, 5.41) is 90.6. The summed E-state index contributed by atoms with van der Waals surface area (Å²) in [6.45, 7) is 8.05. The molecule has 4 aliphatic rings. The fourth-order valence-corrected chi connectivity index (χ4v) is 9.82. The normalized spacial score (nSPS) is 16.9. The number of fused-ring (bicyclic) bond motifs is 4. The summed E-state index contributed by atoms with van der Waals surface area (Å²) in [6.07, 6.45) is 3.93. The van der Waals surface area contributed by atoms with Gasteiger partial charge in [-0.15, -0.1) is 5.10 Å². The highest BCUT2D eigenvalue weighted by atomic mass is 16.5. The first kappa shape index (κ1) is 64.4. The molecule has 0 aliphatic carbocycles. The Morgan fingerprint density at radius 3 is 1.46 bits per heavy atom. The molecule has 5 heterocycles. The number of ether oxygens (including phenoxy) is 2. The minimum Gasteiger partial charge on any atom is -0.535 e. The van der Waals surface area contributed by atoms with Crippen LogP contribution in [0.15, 0.2) is 59.8 Å². The number of amides is 1. The van der Waals surface area contributed by atoms with Crippen LogP contribution in [-0.2, 0) is 17.8 Å². The Balaban J connectivity index is 0.000000201. The summed E-state index contributed by atoms with van der Waals surface area (Å²) in [4.78, 5) is 59.2. The topological polar surface area (TPSA) is 420 Å². The van der Waals surface area contributed by atoms with Crippen molar-refractivity contribution in [2.45, 2.75) is 97.0 Å². The lowest BCUT2D eigenvalue weighted by atomic mass is 9.71. The average molecular weight is 1140 g/mol. The van der Waals surface area contributed by atoms with Gasteiger partial charge in [0.05, 0.1) is 19.9 Å². The van der Waals surface area contributed by atoms with E-state index in [9.17, 15) is 64.5 Å². The lowest BCUT2D eigenvalue weighted by molar-refractivity contribution is -0.119. The number of nitrogens with two attached hydrogens (primary N) is 1. The van der Waals surface area contributed by atoms with Crippen molar-refractivity contribution in [1.82, 2.24) is 20.3 Å². The number of carboxylic acid groups (broad SMARTS) is 4. The summed E-state index contributed by atoms with van der Waals surface area (Å²) in [5.41, 5.74) is 18.8. The predicted molar refractivity (Wildman–Crippen MR) is 299 cm³/mol. The number of benzene rings is 4. The second-order valence-corrected chi connectivity index (χ2v) is 19.1. The molecule has 434 valence electrons. The number of carboxylic acids is 4. The Kier molecular flexibility index (Phi) is 22.6. The Hall–Kier alpha value is -8.46. The van der Waals surface area contributed by atoms with E-state index in [4.69, 9.17) is 39.4 Å². The van der Waals surface area contributed by atoms with Gasteiger partial charge in [-0.1, -0.05) is 61.1 Å². The van der Waals surface area contributed by atoms with E-state index in [0.29, 0.717) is 60.1 Å². The van der Waals surface area contributed by atoms with Crippen LogP contribution in [-0.4, -0.2) is 148 Å². The molecule has 0 bridgehead atoms. The molecule has 0 fully saturated rings. The molecule has 1 amide bonds. The zero-order valence-corrected chi connectivity index (χ0v) is 45.0. The van der Waals surface area contributed by atoms with Crippen LogP contribution in [0.25, 0.3) is 10.4 Å². The van der Waals surface area contributed by atoms with Gasteiger partial charge in [-0.25, -0.2) is 19.2 Å². The third kappa shape index (κ3) is 15.1. The number of carbonyl (C=O) groups is 5. The van der Waals surface area contributed by atoms with Crippen LogP contribution in [0.5, 0.6) is 34.5 Å². The zero-order valence-electron chi connectivity index (χ0n) is 45.0. The number of methoxy groups -OCH3 is 2. The molecule has 27 nitrogen and oxygen atoms in total. The maximum Gasteiger partial charge on any atom is 0.523 e. The maximum absolute atomic E-state index is 11.6. The van der Waals surface area contributed by atoms with Gasteiger partial charge in [-0.2, -0.15) is 0 Å². The molecule has 0 saturated carbocycles. The summed E-state index contributed by atoms with van der Waals surface area (Å²) >= 11 is 0. The number of aryl methyl sites for hydroxylation is 3. The van der Waals surface area contributed by atoms with Gasteiger partial charge in [0.15, 0.2) is 0 Å². The highest BCUT2D eigenvalue weighted by Crippen LogP contribution is 2.45. The van der Waals surface area contributed by atoms with Crippen LogP contribution in [0.1, 0.15) is 125 Å². The number of hydrogen-bond acceptors (Lipinski definition) is 19. The van der Waals surface area contributed by atoms with Crippen LogP contribution in [0.4, 0.5) is 0 Å². The van der Waals surface area contributed by atoms with Crippen molar-refractivity contribution < 1.29 is 92.6 Å². The Labute approximate surface area is 472 Å². The van der Waals surface area contributed by atoms with E-state index in [1.165, 1.54) is 21.1 Å². The molecule has 5 aromatic rings. The highest BCUT2D eigenvalue weighted by Gasteiger charge is 2.39. The van der Waals surface area contributed by atoms with Gasteiger partial charge in [0, 0.05) is 74.8 Å². The Morgan fingerprint density at radius 2 is 1.06 bits per heavy atom. The molecule has 4 aliphatic heterocycles. The van der Waals surface area contributed by atoms with Crippen molar-refractivity contribution >= 4 is 58.3 Å². The van der Waals surface area contributed by atoms with Gasteiger partial charge in [0.2, 0.25) is 5.91 Å². The molecule has 9 rings (SSSR count). The number of hydrogen-bond donors (Lipinski definition) is 10. The first-order valence-electron chi connectivity index (χ1n) is 25.4. The number of nitrogens with one attached hydrogen (secondary N) is 1. The highest BCUT2D eigenvalue weighted by molar-refractivity contribution is 6.46. The molecule has 4 aromatic carbocycles. The lowest BCUT2D eigenvalue weighted by Gasteiger charge is -2.29. The molecular weight excluding hydrogens is 1070 g/mol. The maximum atomic E-state index is 11.6. The number of rotatable bonds is 14. The van der Waals surface area contributed by atoms with E-state index in [1.54, 1.807) is 61.0 Å². The molecule has 0 spiro atoms. The SMILES string of the molecule is C.CCc1cn(CC2CB(O)Oc3c2ccc(OC)c3C(=O)O)nn1.COc1ccc2c(c1C(=O)O)OB(O)CC2CNC(C)=O.Cc1ccc2c(c1C(=O)O)OB(O)CC2CN.Cc1ccc2c(c1C(=O)O)OB(O)CC2CN=[N+]=[N-]. The Bertz CT molecular complexity index is 3200. The summed E-state index contributed by atoms with van der Waals surface area (Å²) in [5.74, 6) is -4.34. The van der Waals surface area contributed by atoms with Crippen molar-refractivity contribution in [3.8, 4) is 34.5 Å². The molecule has 1 aromatic heterocycles. The molecule has 4 unspecified atom stereocenters. The van der Waals surface area contributed by atoms with Crippen LogP contribution in [0.2, 0.25) is 25.3 Å². The predicted octanol–water partition coefficient (Wildman–Crippen LogP) is 4.89. The van der Waals surface area contributed by atoms with Crippen LogP contribution in [0, 0.1) is 13.8 Å². The smallest absolute Gasteiger partial charge is 0.523 e. The van der Waals surface area contributed by atoms with Crippen molar-refractivity contribution in [1.29, 1.82) is 0 Å². The third-order valence-corrected chi connectivity index (χ3v) is 13.7.